The Balaban J connectivity index is 0.876. The van der Waals surface area contributed by atoms with Gasteiger partial charge in [-0.1, -0.05) is 24.3 Å². The van der Waals surface area contributed by atoms with E-state index < -0.39 is 5.60 Å². The fourth-order valence-corrected chi connectivity index (χ4v) is 11.8. The van der Waals surface area contributed by atoms with Crippen LogP contribution in [-0.2, 0) is 20.7 Å². The van der Waals surface area contributed by atoms with Crippen LogP contribution in [0.25, 0.3) is 22.0 Å². The highest BCUT2D eigenvalue weighted by molar-refractivity contribution is 7.10. The molecule has 4 aromatic rings. The standard InChI is InChI=1S/C51H70N6O4S/c1-34(46-29-40(33-62-46)41-10-8-7-9-37(41)15-16-47(58)61-50(3,4)5)53-48-43-30-42(45(60-6)31-44(43)54-35(2)55-48)38-11-13-39(14-12-38)49(59)57-27-25-56(26-28-57)32-36-17-19-51(20-18-36)21-23-52-24-22-51/h7-10,29-31,33-34,36,38-39,52H,11-28,32H2,1-6H3,(H,53,54,55)/t34-,38?,39?/m1/s1. The number of aryl methyl sites for hydroxylation is 2. The number of aromatic nitrogens is 2. The Morgan fingerprint density at radius 1 is 0.952 bits per heavy atom. The average molecular weight is 863 g/mol. The van der Waals surface area contributed by atoms with Crippen LogP contribution in [0.4, 0.5) is 5.82 Å². The second-order valence-corrected chi connectivity index (χ2v) is 20.9. The summed E-state index contributed by atoms with van der Waals surface area (Å²) in [5.41, 5.74) is 5.58. The number of methoxy groups -OCH3 is 1. The van der Waals surface area contributed by atoms with Crippen molar-refractivity contribution < 1.29 is 19.1 Å². The van der Waals surface area contributed by atoms with E-state index in [1.807, 2.05) is 33.8 Å². The first-order chi connectivity index (χ1) is 29.8. The van der Waals surface area contributed by atoms with Gasteiger partial charge in [0, 0.05) is 61.4 Å². The summed E-state index contributed by atoms with van der Waals surface area (Å²) in [6, 6.07) is 14.9. The smallest absolute Gasteiger partial charge is 0.306 e. The van der Waals surface area contributed by atoms with Gasteiger partial charge in [0.1, 0.15) is 23.0 Å². The molecule has 4 aliphatic rings. The lowest BCUT2D eigenvalue weighted by molar-refractivity contribution is -0.154. The van der Waals surface area contributed by atoms with Crippen LogP contribution in [0.5, 0.6) is 5.75 Å². The lowest BCUT2D eigenvalue weighted by atomic mass is 9.65. The summed E-state index contributed by atoms with van der Waals surface area (Å²) >= 11 is 1.72. The summed E-state index contributed by atoms with van der Waals surface area (Å²) in [5.74, 6) is 3.78. The van der Waals surface area contributed by atoms with Crippen LogP contribution in [-0.4, -0.2) is 90.2 Å². The third kappa shape index (κ3) is 10.6. The zero-order chi connectivity index (χ0) is 43.4. The number of piperazine rings is 1. The van der Waals surface area contributed by atoms with Crippen molar-refractivity contribution in [1.29, 1.82) is 0 Å². The number of fused-ring (bicyclic) bond motifs is 1. The number of hydrogen-bond donors (Lipinski definition) is 2. The van der Waals surface area contributed by atoms with E-state index in [2.05, 4.69) is 69.1 Å². The van der Waals surface area contributed by atoms with Crippen LogP contribution in [0.3, 0.4) is 0 Å². The lowest BCUT2D eigenvalue weighted by Gasteiger charge is -2.45. The number of amides is 1. The molecule has 1 spiro atoms. The molecule has 2 saturated carbocycles. The Morgan fingerprint density at radius 3 is 2.39 bits per heavy atom. The van der Waals surface area contributed by atoms with Crippen LogP contribution in [0.15, 0.2) is 47.8 Å². The number of carbonyl (C=O) groups is 2. The molecule has 2 aromatic heterocycles. The second kappa shape index (κ2) is 19.4. The Labute approximate surface area is 373 Å². The number of nitrogens with one attached hydrogen (secondary N) is 2. The van der Waals surface area contributed by atoms with E-state index in [1.54, 1.807) is 18.4 Å². The van der Waals surface area contributed by atoms with Crippen molar-refractivity contribution in [1.82, 2.24) is 25.1 Å². The summed E-state index contributed by atoms with van der Waals surface area (Å²) < 4.78 is 11.6. The number of benzene rings is 2. The van der Waals surface area contributed by atoms with E-state index in [-0.39, 0.29) is 17.9 Å². The van der Waals surface area contributed by atoms with Crippen LogP contribution in [0.1, 0.15) is 132 Å². The molecule has 8 rings (SSSR count). The summed E-state index contributed by atoms with van der Waals surface area (Å²) in [6.07, 6.45) is 13.0. The van der Waals surface area contributed by atoms with Gasteiger partial charge >= 0.3 is 5.97 Å². The highest BCUT2D eigenvalue weighted by Crippen LogP contribution is 2.46. The van der Waals surface area contributed by atoms with Crippen LogP contribution in [0.2, 0.25) is 0 Å². The molecule has 2 N–H and O–H groups in total. The van der Waals surface area contributed by atoms with Gasteiger partial charge in [0.25, 0.3) is 0 Å². The Morgan fingerprint density at radius 2 is 1.68 bits per heavy atom. The average Bonchev–Trinajstić information content (AvgIpc) is 3.77. The summed E-state index contributed by atoms with van der Waals surface area (Å²) in [6.45, 7) is 17.2. The van der Waals surface area contributed by atoms with Gasteiger partial charge in [0.2, 0.25) is 5.91 Å². The van der Waals surface area contributed by atoms with E-state index in [0.717, 1.165) is 96.9 Å². The van der Waals surface area contributed by atoms with Crippen molar-refractivity contribution in [3.05, 3.63) is 69.7 Å². The van der Waals surface area contributed by atoms with Gasteiger partial charge in [0.15, 0.2) is 0 Å². The van der Waals surface area contributed by atoms with Gasteiger partial charge in [-0.3, -0.25) is 14.5 Å². The monoisotopic (exact) mass is 863 g/mol. The molecular formula is C51H70N6O4S. The maximum atomic E-state index is 13.9. The number of piperidine rings is 1. The molecule has 62 heavy (non-hydrogen) atoms. The number of anilines is 1. The quantitative estimate of drug-likeness (QED) is 0.135. The molecule has 4 heterocycles. The normalized spacial score (nSPS) is 21.8. The number of ether oxygens (including phenoxy) is 2. The fraction of sp³-hybridized carbons (Fsp3) is 0.608. The van der Waals surface area contributed by atoms with E-state index in [4.69, 9.17) is 19.4 Å². The SMILES string of the molecule is COc1cc2nc(C)nc(N[C@H](C)c3cc(-c4ccccc4CCC(=O)OC(C)(C)C)cs3)c2cc1C1CCC(C(=O)N2CCN(CC3CCC4(CCNCC4)CC3)CC2)CC1. The molecule has 11 heteroatoms. The molecule has 4 fully saturated rings. The minimum Gasteiger partial charge on any atom is -0.496 e. The van der Waals surface area contributed by atoms with Gasteiger partial charge < -0.3 is 25.0 Å². The first-order valence-corrected chi connectivity index (χ1v) is 24.5. The van der Waals surface area contributed by atoms with Gasteiger partial charge in [0.05, 0.1) is 18.7 Å². The molecule has 334 valence electrons. The van der Waals surface area contributed by atoms with E-state index in [1.165, 1.54) is 68.6 Å². The molecular weight excluding hydrogens is 793 g/mol. The van der Waals surface area contributed by atoms with Crippen molar-refractivity contribution >= 4 is 39.9 Å². The molecule has 2 aromatic carbocycles. The molecule has 0 bridgehead atoms. The van der Waals surface area contributed by atoms with Gasteiger partial charge in [-0.25, -0.2) is 9.97 Å². The third-order valence-electron chi connectivity index (χ3n) is 14.5. The highest BCUT2D eigenvalue weighted by atomic mass is 32.1. The van der Waals surface area contributed by atoms with E-state index in [9.17, 15) is 9.59 Å². The number of carbonyl (C=O) groups excluding carboxylic acids is 2. The Bertz CT molecular complexity index is 2170. The molecule has 2 aliphatic carbocycles. The van der Waals surface area contributed by atoms with Crippen LogP contribution < -0.4 is 15.4 Å². The molecule has 0 unspecified atom stereocenters. The Hall–Kier alpha value is -4.06. The molecule has 2 saturated heterocycles. The minimum atomic E-state index is -0.494. The maximum absolute atomic E-state index is 13.9. The predicted molar refractivity (Wildman–Crippen MR) is 251 cm³/mol. The van der Waals surface area contributed by atoms with Crippen molar-refractivity contribution in [3.63, 3.8) is 0 Å². The molecule has 0 radical (unpaired) electrons. The second-order valence-electron chi connectivity index (χ2n) is 19.9. The van der Waals surface area contributed by atoms with Gasteiger partial charge in [-0.05, 0) is 175 Å². The largest absolute Gasteiger partial charge is 0.496 e. The topological polar surface area (TPSA) is 109 Å². The molecule has 10 nitrogen and oxygen atoms in total. The predicted octanol–water partition coefficient (Wildman–Crippen LogP) is 10.1. The van der Waals surface area contributed by atoms with Crippen molar-refractivity contribution in [2.45, 2.75) is 129 Å². The van der Waals surface area contributed by atoms with Crippen molar-refractivity contribution in [2.75, 3.05) is 58.2 Å². The maximum Gasteiger partial charge on any atom is 0.306 e. The van der Waals surface area contributed by atoms with Crippen molar-refractivity contribution in [3.8, 4) is 16.9 Å². The van der Waals surface area contributed by atoms with Crippen LogP contribution in [0, 0.1) is 24.2 Å². The number of nitrogens with zero attached hydrogens (tertiary/aromatic N) is 4. The lowest BCUT2D eigenvalue weighted by Crippen LogP contribution is -2.51. The molecule has 1 amide bonds. The molecule has 1 atom stereocenters. The van der Waals surface area contributed by atoms with E-state index >= 15 is 0 Å². The first kappa shape index (κ1) is 44.5. The third-order valence-corrected chi connectivity index (χ3v) is 15.6. The summed E-state index contributed by atoms with van der Waals surface area (Å²) in [4.78, 5) is 42.2. The zero-order valence-electron chi connectivity index (χ0n) is 38.2. The van der Waals surface area contributed by atoms with E-state index in [0.29, 0.717) is 35.9 Å². The summed E-state index contributed by atoms with van der Waals surface area (Å²) in [5, 5.41) is 10.5. The van der Waals surface area contributed by atoms with Gasteiger partial charge in [-0.2, -0.15) is 0 Å². The number of esters is 1. The first-order valence-electron chi connectivity index (χ1n) is 23.6. The molecule has 2 aliphatic heterocycles. The minimum absolute atomic E-state index is 0.00645. The summed E-state index contributed by atoms with van der Waals surface area (Å²) in [7, 11) is 1.75. The Kier molecular flexibility index (Phi) is 13.9. The fourth-order valence-electron chi connectivity index (χ4n) is 10.9. The van der Waals surface area contributed by atoms with Crippen LogP contribution >= 0.6 is 11.3 Å². The van der Waals surface area contributed by atoms with Crippen molar-refractivity contribution in [2.24, 2.45) is 17.3 Å². The highest BCUT2D eigenvalue weighted by Gasteiger charge is 2.38. The number of rotatable bonds is 12. The zero-order valence-corrected chi connectivity index (χ0v) is 39.0. The number of hydrogen-bond acceptors (Lipinski definition) is 10. The van der Waals surface area contributed by atoms with Gasteiger partial charge in [-0.15, -0.1) is 11.3 Å². The number of thiophene rings is 1.